The number of carbonyl (C=O) groups is 2. The SMILES string of the molecule is O=C(CCCl)NCC1N=NC(=O)c2ccccc21. The summed E-state index contributed by atoms with van der Waals surface area (Å²) in [6.45, 7) is 0.323. The molecule has 0 aromatic heterocycles. The number of amides is 2. The first kappa shape index (κ1) is 12.7. The van der Waals surface area contributed by atoms with Gasteiger partial charge < -0.3 is 5.32 Å². The van der Waals surface area contributed by atoms with Gasteiger partial charge in [0.2, 0.25) is 5.91 Å². The first-order chi connectivity index (χ1) is 8.72. The van der Waals surface area contributed by atoms with E-state index in [9.17, 15) is 9.59 Å². The molecule has 0 bridgehead atoms. The quantitative estimate of drug-likeness (QED) is 0.847. The van der Waals surface area contributed by atoms with Crippen molar-refractivity contribution < 1.29 is 9.59 Å². The summed E-state index contributed by atoms with van der Waals surface area (Å²) in [5.74, 6) is -0.184. The van der Waals surface area contributed by atoms with Crippen LogP contribution in [0.25, 0.3) is 0 Å². The van der Waals surface area contributed by atoms with Crippen LogP contribution in [-0.4, -0.2) is 24.2 Å². The van der Waals surface area contributed by atoms with Crippen molar-refractivity contribution in [2.24, 2.45) is 10.2 Å². The highest BCUT2D eigenvalue weighted by molar-refractivity contribution is 6.18. The first-order valence-electron chi connectivity index (χ1n) is 5.59. The van der Waals surface area contributed by atoms with E-state index >= 15 is 0 Å². The minimum Gasteiger partial charge on any atom is -0.353 e. The minimum atomic E-state index is -0.339. The predicted octanol–water partition coefficient (Wildman–Crippen LogP) is 2.08. The molecule has 6 heteroatoms. The second-order valence-electron chi connectivity index (χ2n) is 3.87. The Morgan fingerprint density at radius 2 is 2.17 bits per heavy atom. The molecule has 2 amide bonds. The Morgan fingerprint density at radius 1 is 1.39 bits per heavy atom. The van der Waals surface area contributed by atoms with E-state index in [0.29, 0.717) is 12.1 Å². The third-order valence-electron chi connectivity index (χ3n) is 2.65. The summed E-state index contributed by atoms with van der Waals surface area (Å²) in [5.41, 5.74) is 1.34. The van der Waals surface area contributed by atoms with E-state index in [2.05, 4.69) is 15.5 Å². The van der Waals surface area contributed by atoms with Gasteiger partial charge in [-0.2, -0.15) is 5.11 Å². The number of hydrogen-bond acceptors (Lipinski definition) is 3. The standard InChI is InChI=1S/C12H12ClN3O2/c13-6-5-11(17)14-7-10-8-3-1-2-4-9(8)12(18)16-15-10/h1-4,10H,5-7H2,(H,14,17). The molecule has 0 spiro atoms. The molecule has 18 heavy (non-hydrogen) atoms. The second-order valence-corrected chi connectivity index (χ2v) is 4.24. The Bertz CT molecular complexity index is 502. The van der Waals surface area contributed by atoms with Crippen molar-refractivity contribution in [2.45, 2.75) is 12.5 Å². The fourth-order valence-corrected chi connectivity index (χ4v) is 1.93. The number of rotatable bonds is 4. The molecule has 0 fully saturated rings. The molecule has 1 heterocycles. The number of carbonyl (C=O) groups excluding carboxylic acids is 2. The summed E-state index contributed by atoms with van der Waals surface area (Å²) in [7, 11) is 0. The molecule has 0 aliphatic carbocycles. The van der Waals surface area contributed by atoms with Gasteiger partial charge in [-0.05, 0) is 11.6 Å². The van der Waals surface area contributed by atoms with Gasteiger partial charge in [0.05, 0.1) is 0 Å². The van der Waals surface area contributed by atoms with Crippen molar-refractivity contribution in [3.8, 4) is 0 Å². The van der Waals surface area contributed by atoms with Crippen molar-refractivity contribution in [3.05, 3.63) is 35.4 Å². The van der Waals surface area contributed by atoms with E-state index in [0.717, 1.165) is 5.56 Å². The van der Waals surface area contributed by atoms with Crippen LogP contribution in [0.3, 0.4) is 0 Å². The molecular weight excluding hydrogens is 254 g/mol. The summed E-state index contributed by atoms with van der Waals surface area (Å²) < 4.78 is 0. The van der Waals surface area contributed by atoms with Crippen molar-refractivity contribution in [2.75, 3.05) is 12.4 Å². The highest BCUT2D eigenvalue weighted by Crippen LogP contribution is 2.26. The summed E-state index contributed by atoms with van der Waals surface area (Å²) >= 11 is 5.47. The molecule has 0 radical (unpaired) electrons. The maximum absolute atomic E-state index is 11.5. The summed E-state index contributed by atoms with van der Waals surface area (Å²) in [6.07, 6.45) is 0.270. The topological polar surface area (TPSA) is 70.9 Å². The van der Waals surface area contributed by atoms with Gasteiger partial charge in [-0.25, -0.2) is 0 Å². The summed E-state index contributed by atoms with van der Waals surface area (Å²) in [5, 5.41) is 10.2. The van der Waals surface area contributed by atoms with E-state index in [4.69, 9.17) is 11.6 Å². The highest BCUT2D eigenvalue weighted by atomic mass is 35.5. The molecule has 5 nitrogen and oxygen atoms in total. The molecule has 1 N–H and O–H groups in total. The first-order valence-corrected chi connectivity index (χ1v) is 6.12. The third kappa shape index (κ3) is 2.73. The van der Waals surface area contributed by atoms with Crippen LogP contribution in [0.2, 0.25) is 0 Å². The van der Waals surface area contributed by atoms with E-state index in [-0.39, 0.29) is 30.2 Å². The average molecular weight is 266 g/mol. The molecule has 2 rings (SSSR count). The zero-order chi connectivity index (χ0) is 13.0. The number of nitrogens with one attached hydrogen (secondary N) is 1. The lowest BCUT2D eigenvalue weighted by atomic mass is 9.99. The maximum atomic E-state index is 11.5. The number of fused-ring (bicyclic) bond motifs is 1. The Kier molecular flexibility index (Phi) is 4.04. The van der Waals surface area contributed by atoms with Gasteiger partial charge in [0.25, 0.3) is 5.91 Å². The fourth-order valence-electron chi connectivity index (χ4n) is 1.76. The Morgan fingerprint density at radius 3 is 2.94 bits per heavy atom. The molecule has 94 valence electrons. The van der Waals surface area contributed by atoms with Gasteiger partial charge in [-0.3, -0.25) is 9.59 Å². The highest BCUT2D eigenvalue weighted by Gasteiger charge is 2.23. The van der Waals surface area contributed by atoms with Crippen LogP contribution in [0.4, 0.5) is 0 Å². The molecule has 1 aromatic rings. The van der Waals surface area contributed by atoms with Crippen LogP contribution >= 0.6 is 11.6 Å². The van der Waals surface area contributed by atoms with Crippen LogP contribution in [0.1, 0.15) is 28.4 Å². The van der Waals surface area contributed by atoms with Gasteiger partial charge in [0, 0.05) is 24.4 Å². The molecular formula is C12H12ClN3O2. The van der Waals surface area contributed by atoms with Crippen molar-refractivity contribution in [1.82, 2.24) is 5.32 Å². The van der Waals surface area contributed by atoms with Crippen LogP contribution in [0.15, 0.2) is 34.5 Å². The summed E-state index contributed by atoms with van der Waals surface area (Å²) in [6, 6.07) is 6.84. The number of halogens is 1. The van der Waals surface area contributed by atoms with Crippen LogP contribution < -0.4 is 5.32 Å². The van der Waals surface area contributed by atoms with Crippen molar-refractivity contribution in [1.29, 1.82) is 0 Å². The van der Waals surface area contributed by atoms with Gasteiger partial charge in [0.1, 0.15) is 6.04 Å². The van der Waals surface area contributed by atoms with E-state index in [1.807, 2.05) is 12.1 Å². The maximum Gasteiger partial charge on any atom is 0.295 e. The number of hydrogen-bond donors (Lipinski definition) is 1. The number of azo groups is 1. The van der Waals surface area contributed by atoms with Crippen LogP contribution in [0.5, 0.6) is 0 Å². The lowest BCUT2D eigenvalue weighted by Gasteiger charge is -2.18. The van der Waals surface area contributed by atoms with Crippen molar-refractivity contribution in [3.63, 3.8) is 0 Å². The number of alkyl halides is 1. The monoisotopic (exact) mass is 265 g/mol. The lowest BCUT2D eigenvalue weighted by Crippen LogP contribution is -2.29. The number of benzene rings is 1. The molecule has 0 saturated heterocycles. The van der Waals surface area contributed by atoms with Crippen molar-refractivity contribution >= 4 is 23.4 Å². The summed E-state index contributed by atoms with van der Waals surface area (Å²) in [4.78, 5) is 22.8. The molecule has 1 atom stereocenters. The Balaban J connectivity index is 2.08. The minimum absolute atomic E-state index is 0.130. The number of nitrogens with zero attached hydrogens (tertiary/aromatic N) is 2. The fraction of sp³-hybridized carbons (Fsp3) is 0.333. The van der Waals surface area contributed by atoms with Gasteiger partial charge >= 0.3 is 0 Å². The predicted molar refractivity (Wildman–Crippen MR) is 66.7 cm³/mol. The molecule has 1 aliphatic rings. The van der Waals surface area contributed by atoms with Crippen LogP contribution in [0, 0.1) is 0 Å². The molecule has 0 saturated carbocycles. The zero-order valence-electron chi connectivity index (χ0n) is 9.60. The second kappa shape index (κ2) is 5.73. The zero-order valence-corrected chi connectivity index (χ0v) is 10.4. The van der Waals surface area contributed by atoms with E-state index < -0.39 is 0 Å². The Labute approximate surface area is 109 Å². The molecule has 1 aliphatic heterocycles. The largest absolute Gasteiger partial charge is 0.353 e. The Hall–Kier alpha value is -1.75. The van der Waals surface area contributed by atoms with Gasteiger partial charge in [-0.15, -0.1) is 16.7 Å². The third-order valence-corrected chi connectivity index (χ3v) is 2.84. The van der Waals surface area contributed by atoms with Gasteiger partial charge in [0.15, 0.2) is 0 Å². The molecule has 1 aromatic carbocycles. The lowest BCUT2D eigenvalue weighted by molar-refractivity contribution is -0.120. The smallest absolute Gasteiger partial charge is 0.295 e. The van der Waals surface area contributed by atoms with Gasteiger partial charge in [-0.1, -0.05) is 18.2 Å². The molecule has 1 unspecified atom stereocenters. The average Bonchev–Trinajstić information content (AvgIpc) is 2.39. The normalized spacial score (nSPS) is 17.4. The van der Waals surface area contributed by atoms with E-state index in [1.54, 1.807) is 12.1 Å². The van der Waals surface area contributed by atoms with E-state index in [1.165, 1.54) is 0 Å². The van der Waals surface area contributed by atoms with Crippen LogP contribution in [-0.2, 0) is 4.79 Å².